The molecule has 1 saturated heterocycles. The number of carbonyl (C=O) groups excluding carboxylic acids is 4. The van der Waals surface area contributed by atoms with Gasteiger partial charge in [-0.3, -0.25) is 29.4 Å². The van der Waals surface area contributed by atoms with Crippen molar-refractivity contribution in [1.82, 2.24) is 10.2 Å². The van der Waals surface area contributed by atoms with Crippen LogP contribution >= 0.6 is 0 Å². The van der Waals surface area contributed by atoms with Gasteiger partial charge in [0.25, 0.3) is 11.8 Å². The summed E-state index contributed by atoms with van der Waals surface area (Å²) in [6.45, 7) is 0. The van der Waals surface area contributed by atoms with Gasteiger partial charge in [-0.15, -0.1) is 0 Å². The molecule has 8 nitrogen and oxygen atoms in total. The lowest BCUT2D eigenvalue weighted by Gasteiger charge is -2.27. The van der Waals surface area contributed by atoms with Crippen LogP contribution in [0.5, 0.6) is 0 Å². The third-order valence-electron chi connectivity index (χ3n) is 4.11. The van der Waals surface area contributed by atoms with Gasteiger partial charge < -0.3 is 11.1 Å². The highest BCUT2D eigenvalue weighted by molar-refractivity contribution is 6.24. The van der Waals surface area contributed by atoms with Crippen molar-refractivity contribution in [3.8, 4) is 0 Å². The van der Waals surface area contributed by atoms with E-state index >= 15 is 0 Å². The van der Waals surface area contributed by atoms with Crippen LogP contribution in [0.15, 0.2) is 24.4 Å². The van der Waals surface area contributed by atoms with Crippen LogP contribution < -0.4 is 11.1 Å². The molecule has 1 fully saturated rings. The summed E-state index contributed by atoms with van der Waals surface area (Å²) in [4.78, 5) is 49.2. The van der Waals surface area contributed by atoms with E-state index < -0.39 is 29.7 Å². The minimum absolute atomic E-state index is 0.0723. The average Bonchev–Trinajstić information content (AvgIpc) is 2.80. The highest BCUT2D eigenvalue weighted by atomic mass is 16.2. The number of rotatable bonds is 3. The SMILES string of the molecule is N=CC(=CN)c1ccc2c(c1)C(=O)N(C1CCC(=O)NC1=O)C2=O. The lowest BCUT2D eigenvalue weighted by molar-refractivity contribution is -0.136. The van der Waals surface area contributed by atoms with E-state index in [-0.39, 0.29) is 24.0 Å². The average molecular weight is 326 g/mol. The Balaban J connectivity index is 1.98. The van der Waals surface area contributed by atoms with Gasteiger partial charge in [-0.1, -0.05) is 6.07 Å². The van der Waals surface area contributed by atoms with Crippen LogP contribution in [0.25, 0.3) is 5.57 Å². The molecule has 0 bridgehead atoms. The molecule has 3 rings (SSSR count). The Morgan fingerprint density at radius 3 is 2.54 bits per heavy atom. The van der Waals surface area contributed by atoms with E-state index in [1.54, 1.807) is 6.07 Å². The van der Waals surface area contributed by atoms with Gasteiger partial charge in [-0.05, 0) is 24.1 Å². The summed E-state index contributed by atoms with van der Waals surface area (Å²) >= 11 is 0. The molecular formula is C16H14N4O4. The zero-order valence-corrected chi connectivity index (χ0v) is 12.5. The minimum Gasteiger partial charge on any atom is -0.404 e. The fourth-order valence-electron chi connectivity index (χ4n) is 2.88. The number of imide groups is 2. The lowest BCUT2D eigenvalue weighted by Crippen LogP contribution is -2.54. The normalized spacial score (nSPS) is 20.9. The molecule has 4 N–H and O–H groups in total. The van der Waals surface area contributed by atoms with Crippen molar-refractivity contribution in [1.29, 1.82) is 5.41 Å². The maximum absolute atomic E-state index is 12.6. The summed E-state index contributed by atoms with van der Waals surface area (Å²) in [7, 11) is 0. The van der Waals surface area contributed by atoms with E-state index in [0.29, 0.717) is 11.1 Å². The molecule has 1 aromatic rings. The first-order valence-corrected chi connectivity index (χ1v) is 7.26. The predicted octanol–water partition coefficient (Wildman–Crippen LogP) is 0.0370. The lowest BCUT2D eigenvalue weighted by atomic mass is 10.0. The first-order valence-electron chi connectivity index (χ1n) is 7.26. The molecule has 2 heterocycles. The van der Waals surface area contributed by atoms with E-state index in [1.165, 1.54) is 18.3 Å². The molecule has 122 valence electrons. The monoisotopic (exact) mass is 326 g/mol. The largest absolute Gasteiger partial charge is 0.404 e. The predicted molar refractivity (Wildman–Crippen MR) is 84.1 cm³/mol. The number of allylic oxidation sites excluding steroid dienone is 1. The van der Waals surface area contributed by atoms with Crippen molar-refractivity contribution in [2.45, 2.75) is 18.9 Å². The molecular weight excluding hydrogens is 312 g/mol. The second-order valence-corrected chi connectivity index (χ2v) is 5.47. The third-order valence-corrected chi connectivity index (χ3v) is 4.11. The Morgan fingerprint density at radius 2 is 1.92 bits per heavy atom. The Hall–Kier alpha value is -3.29. The van der Waals surface area contributed by atoms with Gasteiger partial charge in [0.2, 0.25) is 11.8 Å². The maximum atomic E-state index is 12.6. The van der Waals surface area contributed by atoms with Gasteiger partial charge in [0, 0.05) is 24.4 Å². The molecule has 0 radical (unpaired) electrons. The van der Waals surface area contributed by atoms with E-state index in [9.17, 15) is 19.2 Å². The zero-order valence-electron chi connectivity index (χ0n) is 12.5. The number of benzene rings is 1. The van der Waals surface area contributed by atoms with Crippen molar-refractivity contribution in [2.24, 2.45) is 5.73 Å². The number of carbonyl (C=O) groups is 4. The van der Waals surface area contributed by atoms with Crippen LogP contribution in [0.1, 0.15) is 39.1 Å². The van der Waals surface area contributed by atoms with Gasteiger partial charge in [-0.25, -0.2) is 0 Å². The number of hydrogen-bond acceptors (Lipinski definition) is 6. The first-order chi connectivity index (χ1) is 11.5. The molecule has 2 aliphatic rings. The van der Waals surface area contributed by atoms with Gasteiger partial charge in [-0.2, -0.15) is 0 Å². The number of nitrogens with one attached hydrogen (secondary N) is 2. The molecule has 2 aliphatic heterocycles. The van der Waals surface area contributed by atoms with Crippen LogP contribution in [0.2, 0.25) is 0 Å². The van der Waals surface area contributed by atoms with Gasteiger partial charge >= 0.3 is 0 Å². The second-order valence-electron chi connectivity index (χ2n) is 5.47. The smallest absolute Gasteiger partial charge is 0.262 e. The van der Waals surface area contributed by atoms with E-state index in [1.807, 2.05) is 0 Å². The Morgan fingerprint density at radius 1 is 1.21 bits per heavy atom. The Kier molecular flexibility index (Phi) is 3.72. The van der Waals surface area contributed by atoms with Crippen molar-refractivity contribution in [3.63, 3.8) is 0 Å². The van der Waals surface area contributed by atoms with Gasteiger partial charge in [0.15, 0.2) is 0 Å². The summed E-state index contributed by atoms with van der Waals surface area (Å²) < 4.78 is 0. The summed E-state index contributed by atoms with van der Waals surface area (Å²) in [6.07, 6.45) is 2.45. The highest BCUT2D eigenvalue weighted by Crippen LogP contribution is 2.29. The standard InChI is InChI=1S/C16H14N4O4/c17-6-9(7-18)8-1-2-10-11(5-8)16(24)20(15(10)23)12-3-4-13(21)19-14(12)22/h1-2,5-7,12,17H,3-4,18H2,(H,19,21,22). The summed E-state index contributed by atoms with van der Waals surface area (Å²) in [6, 6.07) is 3.54. The number of amides is 4. The Bertz CT molecular complexity index is 827. The van der Waals surface area contributed by atoms with Crippen LogP contribution in [-0.4, -0.2) is 40.8 Å². The molecule has 1 atom stereocenters. The van der Waals surface area contributed by atoms with Crippen LogP contribution in [0.4, 0.5) is 0 Å². The number of nitrogens with zero attached hydrogens (tertiary/aromatic N) is 1. The first kappa shape index (κ1) is 15.6. The molecule has 1 aromatic carbocycles. The van der Waals surface area contributed by atoms with Crippen molar-refractivity contribution >= 4 is 35.4 Å². The van der Waals surface area contributed by atoms with Crippen molar-refractivity contribution in [2.75, 3.05) is 0 Å². The number of piperidine rings is 1. The second kappa shape index (κ2) is 5.73. The van der Waals surface area contributed by atoms with E-state index in [4.69, 9.17) is 11.1 Å². The number of fused-ring (bicyclic) bond motifs is 1. The quantitative estimate of drug-likeness (QED) is 0.532. The molecule has 0 spiro atoms. The van der Waals surface area contributed by atoms with Crippen LogP contribution in [0.3, 0.4) is 0 Å². The molecule has 0 aromatic heterocycles. The fraction of sp³-hybridized carbons (Fsp3) is 0.188. The summed E-state index contributed by atoms with van der Waals surface area (Å²) in [5, 5.41) is 9.45. The van der Waals surface area contributed by atoms with Crippen molar-refractivity contribution in [3.05, 3.63) is 41.1 Å². The maximum Gasteiger partial charge on any atom is 0.262 e. The number of hydrogen-bond donors (Lipinski definition) is 3. The zero-order chi connectivity index (χ0) is 17.4. The number of nitrogens with two attached hydrogens (primary N) is 1. The molecule has 1 unspecified atom stereocenters. The fourth-order valence-corrected chi connectivity index (χ4v) is 2.88. The molecule has 0 aliphatic carbocycles. The van der Waals surface area contributed by atoms with Gasteiger partial charge in [0.1, 0.15) is 6.04 Å². The van der Waals surface area contributed by atoms with Crippen molar-refractivity contribution < 1.29 is 19.2 Å². The van der Waals surface area contributed by atoms with Crippen LogP contribution in [-0.2, 0) is 9.59 Å². The molecule has 24 heavy (non-hydrogen) atoms. The third kappa shape index (κ3) is 2.28. The van der Waals surface area contributed by atoms with Crippen LogP contribution in [0, 0.1) is 5.41 Å². The summed E-state index contributed by atoms with van der Waals surface area (Å²) in [5.41, 5.74) is 6.71. The molecule has 4 amide bonds. The van der Waals surface area contributed by atoms with E-state index in [2.05, 4.69) is 5.32 Å². The minimum atomic E-state index is -0.995. The topological polar surface area (TPSA) is 133 Å². The van der Waals surface area contributed by atoms with E-state index in [0.717, 1.165) is 11.1 Å². The molecule has 0 saturated carbocycles. The highest BCUT2D eigenvalue weighted by Gasteiger charge is 2.44. The Labute approximate surface area is 136 Å². The molecule has 8 heteroatoms. The summed E-state index contributed by atoms with van der Waals surface area (Å²) in [5.74, 6) is -2.22. The van der Waals surface area contributed by atoms with Gasteiger partial charge in [0.05, 0.1) is 11.1 Å².